The van der Waals surface area contributed by atoms with Gasteiger partial charge in [0.25, 0.3) is 0 Å². The van der Waals surface area contributed by atoms with E-state index in [4.69, 9.17) is 4.74 Å². The van der Waals surface area contributed by atoms with Gasteiger partial charge < -0.3 is 15.0 Å². The number of carbonyl (C=O) groups is 2. The van der Waals surface area contributed by atoms with E-state index in [0.29, 0.717) is 13.2 Å². The second-order valence-corrected chi connectivity index (χ2v) is 7.04. The van der Waals surface area contributed by atoms with Crippen molar-refractivity contribution in [2.75, 3.05) is 19.7 Å². The lowest BCUT2D eigenvalue weighted by Gasteiger charge is -2.38. The summed E-state index contributed by atoms with van der Waals surface area (Å²) in [5, 5.41) is 2.68. The van der Waals surface area contributed by atoms with E-state index in [1.54, 1.807) is 11.0 Å². The molecule has 2 aromatic rings. The Morgan fingerprint density at radius 2 is 1.86 bits per heavy atom. The number of aryl methyl sites for hydroxylation is 1. The predicted octanol–water partition coefficient (Wildman–Crippen LogP) is 3.11. The zero-order valence-electron chi connectivity index (χ0n) is 16.3. The highest BCUT2D eigenvalue weighted by molar-refractivity contribution is 5.94. The van der Waals surface area contributed by atoms with Gasteiger partial charge in [-0.15, -0.1) is 0 Å². The van der Waals surface area contributed by atoms with Crippen molar-refractivity contribution < 1.29 is 14.3 Å². The van der Waals surface area contributed by atoms with Gasteiger partial charge in [0.2, 0.25) is 11.8 Å². The molecule has 2 aromatic carbocycles. The lowest BCUT2D eigenvalue weighted by molar-refractivity contribution is -0.144. The lowest BCUT2D eigenvalue weighted by Crippen LogP contribution is -2.51. The summed E-state index contributed by atoms with van der Waals surface area (Å²) >= 11 is 0. The minimum atomic E-state index is -0.284. The summed E-state index contributed by atoms with van der Waals surface area (Å²) in [4.78, 5) is 26.5. The molecule has 1 aliphatic heterocycles. The Labute approximate surface area is 166 Å². The molecule has 2 unspecified atom stereocenters. The smallest absolute Gasteiger partial charge is 0.244 e. The zero-order chi connectivity index (χ0) is 19.9. The SMILES string of the molecule is Cc1ccccc1C1CN(C(=O)CNC(=O)C=Cc2ccccc2)C(C)CO1. The molecule has 0 saturated carbocycles. The highest BCUT2D eigenvalue weighted by Gasteiger charge is 2.30. The fourth-order valence-electron chi connectivity index (χ4n) is 3.30. The summed E-state index contributed by atoms with van der Waals surface area (Å²) in [5.41, 5.74) is 3.18. The Bertz CT molecular complexity index is 848. The molecule has 146 valence electrons. The van der Waals surface area contributed by atoms with E-state index in [9.17, 15) is 9.59 Å². The molecular formula is C23H26N2O3. The second-order valence-electron chi connectivity index (χ2n) is 7.04. The van der Waals surface area contributed by atoms with Gasteiger partial charge in [-0.3, -0.25) is 9.59 Å². The van der Waals surface area contributed by atoms with Crippen LogP contribution in [-0.2, 0) is 14.3 Å². The zero-order valence-corrected chi connectivity index (χ0v) is 16.3. The van der Waals surface area contributed by atoms with Crippen molar-refractivity contribution in [3.63, 3.8) is 0 Å². The van der Waals surface area contributed by atoms with Gasteiger partial charge in [-0.2, -0.15) is 0 Å². The van der Waals surface area contributed by atoms with Crippen LogP contribution in [0.1, 0.15) is 29.7 Å². The van der Waals surface area contributed by atoms with Crippen LogP contribution in [0.2, 0.25) is 0 Å². The first-order chi connectivity index (χ1) is 13.5. The molecule has 2 atom stereocenters. The monoisotopic (exact) mass is 378 g/mol. The van der Waals surface area contributed by atoms with Gasteiger partial charge in [-0.05, 0) is 36.6 Å². The maximum atomic E-state index is 12.7. The van der Waals surface area contributed by atoms with Crippen molar-refractivity contribution in [3.8, 4) is 0 Å². The molecule has 1 heterocycles. The quantitative estimate of drug-likeness (QED) is 0.814. The normalized spacial score (nSPS) is 19.6. The minimum Gasteiger partial charge on any atom is -0.370 e. The Morgan fingerprint density at radius 3 is 2.61 bits per heavy atom. The first-order valence-corrected chi connectivity index (χ1v) is 9.52. The average Bonchev–Trinajstić information content (AvgIpc) is 2.72. The minimum absolute atomic E-state index is 0.0236. The van der Waals surface area contributed by atoms with Crippen molar-refractivity contribution in [3.05, 3.63) is 77.4 Å². The van der Waals surface area contributed by atoms with Crippen LogP contribution < -0.4 is 5.32 Å². The van der Waals surface area contributed by atoms with Crippen molar-refractivity contribution >= 4 is 17.9 Å². The van der Waals surface area contributed by atoms with Crippen LogP contribution in [0.3, 0.4) is 0 Å². The van der Waals surface area contributed by atoms with Gasteiger partial charge in [0.1, 0.15) is 6.10 Å². The highest BCUT2D eigenvalue weighted by Crippen LogP contribution is 2.27. The molecule has 1 fully saturated rings. The van der Waals surface area contributed by atoms with Crippen molar-refractivity contribution in [2.24, 2.45) is 0 Å². The number of hydrogen-bond acceptors (Lipinski definition) is 3. The molecule has 5 nitrogen and oxygen atoms in total. The Balaban J connectivity index is 1.56. The molecule has 3 rings (SSSR count). The number of carbonyl (C=O) groups excluding carboxylic acids is 2. The lowest BCUT2D eigenvalue weighted by atomic mass is 10.0. The molecule has 0 aromatic heterocycles. The first kappa shape index (κ1) is 19.8. The first-order valence-electron chi connectivity index (χ1n) is 9.52. The third-order valence-electron chi connectivity index (χ3n) is 4.93. The van der Waals surface area contributed by atoms with E-state index in [1.165, 1.54) is 6.08 Å². The maximum absolute atomic E-state index is 12.7. The number of ether oxygens (including phenoxy) is 1. The second kappa shape index (κ2) is 9.33. The van der Waals surface area contributed by atoms with E-state index in [-0.39, 0.29) is 30.5 Å². The van der Waals surface area contributed by atoms with Crippen LogP contribution in [0, 0.1) is 6.92 Å². The molecule has 0 aliphatic carbocycles. The molecule has 1 N–H and O–H groups in total. The average molecular weight is 378 g/mol. The Hall–Kier alpha value is -2.92. The van der Waals surface area contributed by atoms with Crippen molar-refractivity contribution in [2.45, 2.75) is 26.0 Å². The molecule has 0 bridgehead atoms. The van der Waals surface area contributed by atoms with E-state index in [1.807, 2.05) is 68.4 Å². The van der Waals surface area contributed by atoms with Crippen LogP contribution in [0.5, 0.6) is 0 Å². The summed E-state index contributed by atoms with van der Waals surface area (Å²) in [6, 6.07) is 17.6. The van der Waals surface area contributed by atoms with Crippen LogP contribution in [0.25, 0.3) is 6.08 Å². The molecule has 5 heteroatoms. The number of nitrogens with zero attached hydrogens (tertiary/aromatic N) is 1. The van der Waals surface area contributed by atoms with Gasteiger partial charge in [0.05, 0.1) is 25.7 Å². The van der Waals surface area contributed by atoms with E-state index in [0.717, 1.165) is 16.7 Å². The Kier molecular flexibility index (Phi) is 6.61. The fourth-order valence-corrected chi connectivity index (χ4v) is 3.30. The number of morpholine rings is 1. The molecular weight excluding hydrogens is 352 g/mol. The summed E-state index contributed by atoms with van der Waals surface area (Å²) in [6.07, 6.45) is 3.03. The molecule has 28 heavy (non-hydrogen) atoms. The predicted molar refractivity (Wildman–Crippen MR) is 110 cm³/mol. The van der Waals surface area contributed by atoms with Gasteiger partial charge in [-0.25, -0.2) is 0 Å². The van der Waals surface area contributed by atoms with Crippen LogP contribution in [-0.4, -0.2) is 42.5 Å². The Morgan fingerprint density at radius 1 is 1.14 bits per heavy atom. The number of benzene rings is 2. The molecule has 1 saturated heterocycles. The van der Waals surface area contributed by atoms with Gasteiger partial charge in [0, 0.05) is 6.08 Å². The number of nitrogens with one attached hydrogen (secondary N) is 1. The third-order valence-corrected chi connectivity index (χ3v) is 4.93. The molecule has 0 radical (unpaired) electrons. The van der Waals surface area contributed by atoms with Crippen molar-refractivity contribution in [1.82, 2.24) is 10.2 Å². The summed E-state index contributed by atoms with van der Waals surface area (Å²) in [7, 11) is 0. The van der Waals surface area contributed by atoms with Crippen molar-refractivity contribution in [1.29, 1.82) is 0 Å². The molecule has 1 aliphatic rings. The fraction of sp³-hybridized carbons (Fsp3) is 0.304. The number of hydrogen-bond donors (Lipinski definition) is 1. The number of rotatable bonds is 5. The van der Waals surface area contributed by atoms with E-state index >= 15 is 0 Å². The van der Waals surface area contributed by atoms with Crippen LogP contribution >= 0.6 is 0 Å². The standard InChI is InChI=1S/C23H26N2O3/c1-17-8-6-7-11-20(17)21-15-25(18(2)16-28-21)23(27)14-24-22(26)13-12-19-9-4-3-5-10-19/h3-13,18,21H,14-16H2,1-2H3,(H,24,26). The maximum Gasteiger partial charge on any atom is 0.244 e. The highest BCUT2D eigenvalue weighted by atomic mass is 16.5. The van der Waals surface area contributed by atoms with Gasteiger partial charge in [-0.1, -0.05) is 54.6 Å². The summed E-state index contributed by atoms with van der Waals surface area (Å²) < 4.78 is 5.96. The van der Waals surface area contributed by atoms with Gasteiger partial charge in [0.15, 0.2) is 0 Å². The van der Waals surface area contributed by atoms with E-state index in [2.05, 4.69) is 5.32 Å². The topological polar surface area (TPSA) is 58.6 Å². The van der Waals surface area contributed by atoms with Crippen LogP contribution in [0.4, 0.5) is 0 Å². The summed E-state index contributed by atoms with van der Waals surface area (Å²) in [6.45, 7) is 4.95. The largest absolute Gasteiger partial charge is 0.370 e. The number of amides is 2. The van der Waals surface area contributed by atoms with Crippen LogP contribution in [0.15, 0.2) is 60.7 Å². The third kappa shape index (κ3) is 5.08. The summed E-state index contributed by atoms with van der Waals surface area (Å²) in [5.74, 6) is -0.385. The molecule has 0 spiro atoms. The van der Waals surface area contributed by atoms with E-state index < -0.39 is 0 Å². The van der Waals surface area contributed by atoms with Gasteiger partial charge >= 0.3 is 0 Å². The molecule has 2 amide bonds.